The van der Waals surface area contributed by atoms with Crippen molar-refractivity contribution in [2.45, 2.75) is 0 Å². The standard InChI is InChI=1S/C13H15N5O/c19-13(17-6-3-14-4-7-17)11-1-2-16-12(9-11)18-8-5-15-10-18/h1-2,5,8-10,14H,3-4,6-7H2. The number of hydrogen-bond donors (Lipinski definition) is 1. The third-order valence-corrected chi connectivity index (χ3v) is 3.17. The summed E-state index contributed by atoms with van der Waals surface area (Å²) in [5.41, 5.74) is 0.667. The Bertz CT molecular complexity index is 560. The van der Waals surface area contributed by atoms with Gasteiger partial charge < -0.3 is 10.2 Å². The number of imidazole rings is 1. The summed E-state index contributed by atoms with van der Waals surface area (Å²) >= 11 is 0. The Balaban J connectivity index is 1.84. The molecule has 1 N–H and O–H groups in total. The maximum atomic E-state index is 12.4. The van der Waals surface area contributed by atoms with Crippen molar-refractivity contribution in [3.05, 3.63) is 42.6 Å². The van der Waals surface area contributed by atoms with Crippen LogP contribution in [0.15, 0.2) is 37.1 Å². The van der Waals surface area contributed by atoms with Crippen molar-refractivity contribution in [3.63, 3.8) is 0 Å². The molecule has 0 atom stereocenters. The van der Waals surface area contributed by atoms with Crippen molar-refractivity contribution in [3.8, 4) is 5.82 Å². The fourth-order valence-corrected chi connectivity index (χ4v) is 2.14. The maximum Gasteiger partial charge on any atom is 0.254 e. The molecule has 6 heteroatoms. The molecule has 1 aliphatic rings. The van der Waals surface area contributed by atoms with Crippen LogP contribution in [0.2, 0.25) is 0 Å². The van der Waals surface area contributed by atoms with Crippen LogP contribution in [0.25, 0.3) is 5.82 Å². The summed E-state index contributed by atoms with van der Waals surface area (Å²) in [6.07, 6.45) is 6.82. The lowest BCUT2D eigenvalue weighted by Crippen LogP contribution is -2.46. The van der Waals surface area contributed by atoms with Gasteiger partial charge in [-0.25, -0.2) is 9.97 Å². The van der Waals surface area contributed by atoms with Crippen molar-refractivity contribution >= 4 is 5.91 Å². The minimum Gasteiger partial charge on any atom is -0.336 e. The van der Waals surface area contributed by atoms with Crippen LogP contribution in [0.3, 0.4) is 0 Å². The van der Waals surface area contributed by atoms with Crippen molar-refractivity contribution in [2.24, 2.45) is 0 Å². The first kappa shape index (κ1) is 11.9. The molecule has 2 aromatic heterocycles. The molecule has 1 fully saturated rings. The molecule has 2 aromatic rings. The molecule has 6 nitrogen and oxygen atoms in total. The monoisotopic (exact) mass is 257 g/mol. The number of nitrogens with one attached hydrogen (secondary N) is 1. The van der Waals surface area contributed by atoms with Crippen LogP contribution in [0.1, 0.15) is 10.4 Å². The summed E-state index contributed by atoms with van der Waals surface area (Å²) < 4.78 is 1.79. The molecule has 98 valence electrons. The summed E-state index contributed by atoms with van der Waals surface area (Å²) in [5, 5.41) is 3.24. The molecule has 0 aromatic carbocycles. The zero-order chi connectivity index (χ0) is 13.1. The van der Waals surface area contributed by atoms with Crippen LogP contribution in [0.5, 0.6) is 0 Å². The van der Waals surface area contributed by atoms with Crippen molar-refractivity contribution < 1.29 is 4.79 Å². The Labute approximate surface area is 111 Å². The number of amides is 1. The Kier molecular flexibility index (Phi) is 3.24. The van der Waals surface area contributed by atoms with E-state index in [1.165, 1.54) is 0 Å². The van der Waals surface area contributed by atoms with Crippen LogP contribution < -0.4 is 5.32 Å². The smallest absolute Gasteiger partial charge is 0.254 e. The third kappa shape index (κ3) is 2.48. The average Bonchev–Trinajstić information content (AvgIpc) is 3.02. The fourth-order valence-electron chi connectivity index (χ4n) is 2.14. The van der Waals surface area contributed by atoms with Crippen molar-refractivity contribution in [1.29, 1.82) is 0 Å². The first-order chi connectivity index (χ1) is 9.34. The molecule has 19 heavy (non-hydrogen) atoms. The molecule has 0 bridgehead atoms. The number of pyridine rings is 1. The van der Waals surface area contributed by atoms with Crippen LogP contribution in [-0.4, -0.2) is 51.5 Å². The number of hydrogen-bond acceptors (Lipinski definition) is 4. The van der Waals surface area contributed by atoms with Gasteiger partial charge in [0.05, 0.1) is 0 Å². The summed E-state index contributed by atoms with van der Waals surface area (Å²) in [4.78, 5) is 22.5. The quantitative estimate of drug-likeness (QED) is 0.841. The van der Waals surface area contributed by atoms with E-state index < -0.39 is 0 Å². The number of aromatic nitrogens is 3. The summed E-state index contributed by atoms with van der Waals surface area (Å²) in [6.45, 7) is 3.21. The van der Waals surface area contributed by atoms with Gasteiger partial charge in [0.1, 0.15) is 12.1 Å². The van der Waals surface area contributed by atoms with E-state index in [-0.39, 0.29) is 5.91 Å². The molecule has 1 aliphatic heterocycles. The van der Waals surface area contributed by atoms with E-state index in [4.69, 9.17) is 0 Å². The normalized spacial score (nSPS) is 15.5. The molecule has 0 unspecified atom stereocenters. The molecule has 1 saturated heterocycles. The van der Waals surface area contributed by atoms with Crippen molar-refractivity contribution in [1.82, 2.24) is 24.8 Å². The largest absolute Gasteiger partial charge is 0.336 e. The predicted molar refractivity (Wildman–Crippen MR) is 70.1 cm³/mol. The lowest BCUT2D eigenvalue weighted by atomic mass is 10.2. The highest BCUT2D eigenvalue weighted by molar-refractivity contribution is 5.94. The lowest BCUT2D eigenvalue weighted by molar-refractivity contribution is 0.0735. The topological polar surface area (TPSA) is 63.1 Å². The Morgan fingerprint density at radius 2 is 2.11 bits per heavy atom. The highest BCUT2D eigenvalue weighted by Gasteiger charge is 2.18. The van der Waals surface area contributed by atoms with Gasteiger partial charge in [0.15, 0.2) is 0 Å². The fraction of sp³-hybridized carbons (Fsp3) is 0.308. The van der Waals surface area contributed by atoms with Gasteiger partial charge in [0.25, 0.3) is 5.91 Å². The second-order valence-electron chi connectivity index (χ2n) is 4.41. The van der Waals surface area contributed by atoms with E-state index in [2.05, 4.69) is 15.3 Å². The molecule has 0 saturated carbocycles. The third-order valence-electron chi connectivity index (χ3n) is 3.17. The average molecular weight is 257 g/mol. The lowest BCUT2D eigenvalue weighted by Gasteiger charge is -2.27. The highest BCUT2D eigenvalue weighted by Crippen LogP contribution is 2.10. The van der Waals surface area contributed by atoms with Gasteiger partial charge in [-0.3, -0.25) is 9.36 Å². The molecular formula is C13H15N5O. The summed E-state index contributed by atoms with van der Waals surface area (Å²) in [7, 11) is 0. The zero-order valence-corrected chi connectivity index (χ0v) is 10.5. The first-order valence-corrected chi connectivity index (χ1v) is 6.29. The first-order valence-electron chi connectivity index (χ1n) is 6.29. The molecule has 0 radical (unpaired) electrons. The number of piperazine rings is 1. The molecule has 0 spiro atoms. The summed E-state index contributed by atoms with van der Waals surface area (Å²) in [6, 6.07) is 3.55. The highest BCUT2D eigenvalue weighted by atomic mass is 16.2. The number of rotatable bonds is 2. The SMILES string of the molecule is O=C(c1ccnc(-n2ccnc2)c1)N1CCNCC1. The Morgan fingerprint density at radius 3 is 2.84 bits per heavy atom. The molecular weight excluding hydrogens is 242 g/mol. The number of carbonyl (C=O) groups excluding carboxylic acids is 1. The number of nitrogens with zero attached hydrogens (tertiary/aromatic N) is 4. The van der Waals surface area contributed by atoms with Crippen LogP contribution >= 0.6 is 0 Å². The maximum absolute atomic E-state index is 12.4. The van der Waals surface area contributed by atoms with Gasteiger partial charge >= 0.3 is 0 Å². The van der Waals surface area contributed by atoms with Gasteiger partial charge in [-0.2, -0.15) is 0 Å². The van der Waals surface area contributed by atoms with Gasteiger partial charge in [-0.15, -0.1) is 0 Å². The van der Waals surface area contributed by atoms with Gasteiger partial charge in [-0.05, 0) is 12.1 Å². The number of carbonyl (C=O) groups is 1. The second-order valence-corrected chi connectivity index (χ2v) is 4.41. The molecule has 1 amide bonds. The van der Waals surface area contributed by atoms with Crippen LogP contribution in [0, 0.1) is 0 Å². The second kappa shape index (κ2) is 5.19. The predicted octanol–water partition coefficient (Wildman–Crippen LogP) is 0.313. The van der Waals surface area contributed by atoms with E-state index in [0.29, 0.717) is 11.4 Å². The van der Waals surface area contributed by atoms with Gasteiger partial charge in [0.2, 0.25) is 0 Å². The van der Waals surface area contributed by atoms with E-state index >= 15 is 0 Å². The Morgan fingerprint density at radius 1 is 1.26 bits per heavy atom. The van der Waals surface area contributed by atoms with E-state index in [1.54, 1.807) is 41.6 Å². The summed E-state index contributed by atoms with van der Waals surface area (Å²) in [5.74, 6) is 0.767. The van der Waals surface area contributed by atoms with E-state index in [0.717, 1.165) is 26.2 Å². The molecule has 3 heterocycles. The minimum atomic E-state index is 0.0604. The van der Waals surface area contributed by atoms with Crippen LogP contribution in [-0.2, 0) is 0 Å². The van der Waals surface area contributed by atoms with E-state index in [9.17, 15) is 4.79 Å². The minimum absolute atomic E-state index is 0.0604. The van der Waals surface area contributed by atoms with Crippen molar-refractivity contribution in [2.75, 3.05) is 26.2 Å². The van der Waals surface area contributed by atoms with Crippen LogP contribution in [0.4, 0.5) is 0 Å². The Hall–Kier alpha value is -2.21. The van der Waals surface area contributed by atoms with Gasteiger partial charge in [0, 0.05) is 50.3 Å². The molecule has 0 aliphatic carbocycles. The van der Waals surface area contributed by atoms with E-state index in [1.807, 2.05) is 4.90 Å². The van der Waals surface area contributed by atoms with Gasteiger partial charge in [-0.1, -0.05) is 0 Å². The molecule has 3 rings (SSSR count). The zero-order valence-electron chi connectivity index (χ0n) is 10.5.